The molecule has 0 radical (unpaired) electrons. The predicted molar refractivity (Wildman–Crippen MR) is 72.4 cm³/mol. The van der Waals surface area contributed by atoms with E-state index < -0.39 is 5.97 Å². The minimum atomic E-state index is -1.04. The molecule has 0 saturated carbocycles. The summed E-state index contributed by atoms with van der Waals surface area (Å²) in [6.45, 7) is 4.82. The fourth-order valence-corrected chi connectivity index (χ4v) is 2.55. The topological polar surface area (TPSA) is 69.6 Å². The minimum absolute atomic E-state index is 0.107. The van der Waals surface area contributed by atoms with Gasteiger partial charge in [-0.3, -0.25) is 0 Å². The number of carboxylic acid groups (broad SMARTS) is 1. The maximum atomic E-state index is 12.2. The molecule has 1 aromatic carbocycles. The van der Waals surface area contributed by atoms with Crippen molar-refractivity contribution in [2.75, 3.05) is 11.9 Å². The molecule has 0 bridgehead atoms. The Bertz CT molecular complexity index is 501. The van der Waals surface area contributed by atoms with Gasteiger partial charge in [0.05, 0.1) is 11.3 Å². The van der Waals surface area contributed by atoms with Crippen molar-refractivity contribution in [3.63, 3.8) is 0 Å². The van der Waals surface area contributed by atoms with Gasteiger partial charge in [-0.25, -0.2) is 9.59 Å². The third kappa shape index (κ3) is 2.86. The van der Waals surface area contributed by atoms with E-state index >= 15 is 0 Å². The number of nitrogens with zero attached hydrogens (tertiary/aromatic N) is 1. The van der Waals surface area contributed by atoms with Gasteiger partial charge in [0.15, 0.2) is 0 Å². The number of carbonyl (C=O) groups is 2. The molecule has 0 aromatic heterocycles. The molecule has 1 fully saturated rings. The summed E-state index contributed by atoms with van der Waals surface area (Å²) in [4.78, 5) is 25.0. The number of aromatic carboxylic acids is 1. The van der Waals surface area contributed by atoms with Gasteiger partial charge in [-0.05, 0) is 31.4 Å². The Labute approximate surface area is 112 Å². The Hall–Kier alpha value is -2.04. The van der Waals surface area contributed by atoms with Crippen LogP contribution in [0.3, 0.4) is 0 Å². The molecule has 1 aliphatic heterocycles. The normalized spacial score (nSPS) is 22.3. The van der Waals surface area contributed by atoms with Crippen molar-refractivity contribution in [1.29, 1.82) is 0 Å². The predicted octanol–water partition coefficient (Wildman–Crippen LogP) is 2.65. The highest BCUT2D eigenvalue weighted by atomic mass is 16.4. The lowest BCUT2D eigenvalue weighted by Crippen LogP contribution is -2.37. The molecule has 2 atom stereocenters. The van der Waals surface area contributed by atoms with E-state index in [0.717, 1.165) is 6.42 Å². The number of carboxylic acids is 1. The fraction of sp³-hybridized carbons (Fsp3) is 0.429. The lowest BCUT2D eigenvalue weighted by atomic mass is 10.1. The van der Waals surface area contributed by atoms with Gasteiger partial charge in [-0.2, -0.15) is 0 Å². The van der Waals surface area contributed by atoms with Crippen LogP contribution in [0.5, 0.6) is 0 Å². The van der Waals surface area contributed by atoms with E-state index in [1.54, 1.807) is 23.1 Å². The fourth-order valence-electron chi connectivity index (χ4n) is 2.55. The summed E-state index contributed by atoms with van der Waals surface area (Å²) in [5.74, 6) is -0.561. The smallest absolute Gasteiger partial charge is 0.337 e. The quantitative estimate of drug-likeness (QED) is 0.860. The van der Waals surface area contributed by atoms with E-state index in [1.807, 2.05) is 6.92 Å². The lowest BCUT2D eigenvalue weighted by Gasteiger charge is -2.22. The summed E-state index contributed by atoms with van der Waals surface area (Å²) in [6, 6.07) is 6.38. The monoisotopic (exact) mass is 262 g/mol. The molecule has 1 aromatic rings. The van der Waals surface area contributed by atoms with Crippen molar-refractivity contribution in [2.24, 2.45) is 5.92 Å². The lowest BCUT2D eigenvalue weighted by molar-refractivity contribution is 0.0698. The van der Waals surface area contributed by atoms with Crippen LogP contribution < -0.4 is 5.32 Å². The largest absolute Gasteiger partial charge is 0.478 e. The van der Waals surface area contributed by atoms with Gasteiger partial charge in [0.2, 0.25) is 0 Å². The molecule has 5 heteroatoms. The number of likely N-dealkylation sites (tertiary alicyclic amines) is 1. The van der Waals surface area contributed by atoms with Crippen LogP contribution in [0.25, 0.3) is 0 Å². The van der Waals surface area contributed by atoms with E-state index in [1.165, 1.54) is 6.07 Å². The van der Waals surface area contributed by atoms with Gasteiger partial charge in [0.25, 0.3) is 0 Å². The zero-order valence-electron chi connectivity index (χ0n) is 11.1. The highest BCUT2D eigenvalue weighted by molar-refractivity contribution is 6.00. The maximum absolute atomic E-state index is 12.2. The van der Waals surface area contributed by atoms with Crippen LogP contribution in [0.4, 0.5) is 10.5 Å². The van der Waals surface area contributed by atoms with Gasteiger partial charge in [0, 0.05) is 12.6 Å². The average Bonchev–Trinajstić information content (AvgIpc) is 2.69. The van der Waals surface area contributed by atoms with Gasteiger partial charge in [-0.1, -0.05) is 19.1 Å². The average molecular weight is 262 g/mol. The van der Waals surface area contributed by atoms with E-state index in [4.69, 9.17) is 5.11 Å². The Morgan fingerprint density at radius 1 is 1.32 bits per heavy atom. The molecular weight excluding hydrogens is 244 g/mol. The molecule has 1 heterocycles. The number of para-hydroxylation sites is 1. The van der Waals surface area contributed by atoms with Crippen LogP contribution in [0.1, 0.15) is 30.6 Å². The first-order valence-electron chi connectivity index (χ1n) is 6.39. The Kier molecular flexibility index (Phi) is 3.74. The molecule has 1 saturated heterocycles. The van der Waals surface area contributed by atoms with Crippen LogP contribution in [-0.4, -0.2) is 34.6 Å². The summed E-state index contributed by atoms with van der Waals surface area (Å²) in [6.07, 6.45) is 0.980. The molecule has 1 aliphatic rings. The molecule has 5 nitrogen and oxygen atoms in total. The number of carbonyl (C=O) groups excluding carboxylic acids is 1. The number of hydrogen-bond donors (Lipinski definition) is 2. The molecule has 2 N–H and O–H groups in total. The second kappa shape index (κ2) is 5.30. The number of urea groups is 1. The van der Waals surface area contributed by atoms with Crippen molar-refractivity contribution in [3.8, 4) is 0 Å². The van der Waals surface area contributed by atoms with E-state index in [0.29, 0.717) is 18.2 Å². The minimum Gasteiger partial charge on any atom is -0.478 e. The highest BCUT2D eigenvalue weighted by Crippen LogP contribution is 2.24. The summed E-state index contributed by atoms with van der Waals surface area (Å²) in [5.41, 5.74) is 0.447. The van der Waals surface area contributed by atoms with E-state index in [2.05, 4.69) is 12.2 Å². The molecule has 2 amide bonds. The zero-order valence-corrected chi connectivity index (χ0v) is 11.1. The molecule has 102 valence electrons. The molecule has 0 aliphatic carbocycles. The SMILES string of the molecule is CC1CC(C)N(C(=O)Nc2ccccc2C(=O)O)C1. The molecular formula is C14H18N2O3. The van der Waals surface area contributed by atoms with Crippen LogP contribution >= 0.6 is 0 Å². The van der Waals surface area contributed by atoms with E-state index in [-0.39, 0.29) is 17.6 Å². The maximum Gasteiger partial charge on any atom is 0.337 e. The van der Waals surface area contributed by atoms with Gasteiger partial charge in [-0.15, -0.1) is 0 Å². The number of anilines is 1. The van der Waals surface area contributed by atoms with Gasteiger partial charge < -0.3 is 15.3 Å². The first-order valence-corrected chi connectivity index (χ1v) is 6.39. The van der Waals surface area contributed by atoms with Crippen LogP contribution in [-0.2, 0) is 0 Å². The van der Waals surface area contributed by atoms with Crippen molar-refractivity contribution < 1.29 is 14.7 Å². The Morgan fingerprint density at radius 2 is 2.00 bits per heavy atom. The number of benzene rings is 1. The second-order valence-electron chi connectivity index (χ2n) is 5.12. The van der Waals surface area contributed by atoms with Crippen LogP contribution in [0.15, 0.2) is 24.3 Å². The first kappa shape index (κ1) is 13.4. The van der Waals surface area contributed by atoms with E-state index in [9.17, 15) is 9.59 Å². The number of nitrogens with one attached hydrogen (secondary N) is 1. The third-order valence-electron chi connectivity index (χ3n) is 3.44. The van der Waals surface area contributed by atoms with Gasteiger partial charge in [0.1, 0.15) is 0 Å². The molecule has 2 unspecified atom stereocenters. The standard InChI is InChI=1S/C14H18N2O3/c1-9-7-10(2)16(8-9)14(19)15-12-6-4-3-5-11(12)13(17)18/h3-6,9-10H,7-8H2,1-2H3,(H,15,19)(H,17,18). The third-order valence-corrected chi connectivity index (χ3v) is 3.44. The Morgan fingerprint density at radius 3 is 2.58 bits per heavy atom. The number of amides is 2. The van der Waals surface area contributed by atoms with Crippen molar-refractivity contribution in [2.45, 2.75) is 26.3 Å². The molecule has 0 spiro atoms. The summed E-state index contributed by atoms with van der Waals surface area (Å²) < 4.78 is 0. The van der Waals surface area contributed by atoms with Crippen molar-refractivity contribution in [1.82, 2.24) is 4.90 Å². The zero-order chi connectivity index (χ0) is 14.0. The number of rotatable bonds is 2. The van der Waals surface area contributed by atoms with Crippen molar-refractivity contribution in [3.05, 3.63) is 29.8 Å². The van der Waals surface area contributed by atoms with Gasteiger partial charge >= 0.3 is 12.0 Å². The van der Waals surface area contributed by atoms with Crippen LogP contribution in [0.2, 0.25) is 0 Å². The molecule has 19 heavy (non-hydrogen) atoms. The number of hydrogen-bond acceptors (Lipinski definition) is 2. The van der Waals surface area contributed by atoms with Crippen LogP contribution in [0, 0.1) is 5.92 Å². The second-order valence-corrected chi connectivity index (χ2v) is 5.12. The summed E-state index contributed by atoms with van der Waals surface area (Å²) in [7, 11) is 0. The first-order chi connectivity index (χ1) is 8.99. The molecule has 2 rings (SSSR count). The van der Waals surface area contributed by atoms with Crippen molar-refractivity contribution >= 4 is 17.7 Å². The summed E-state index contributed by atoms with van der Waals surface area (Å²) >= 11 is 0. The summed E-state index contributed by atoms with van der Waals surface area (Å²) in [5, 5.41) is 11.8. The Balaban J connectivity index is 2.13. The highest BCUT2D eigenvalue weighted by Gasteiger charge is 2.30.